The Morgan fingerprint density at radius 3 is 2.32 bits per heavy atom. The lowest BCUT2D eigenvalue weighted by Crippen LogP contribution is -2.40. The summed E-state index contributed by atoms with van der Waals surface area (Å²) in [5.74, 6) is 0.585. The summed E-state index contributed by atoms with van der Waals surface area (Å²) in [5, 5.41) is 2.90. The minimum atomic E-state index is -0.504. The van der Waals surface area contributed by atoms with E-state index in [9.17, 15) is 4.79 Å². The van der Waals surface area contributed by atoms with Gasteiger partial charge < -0.3 is 15.8 Å². The van der Waals surface area contributed by atoms with Crippen molar-refractivity contribution in [2.45, 2.75) is 52.3 Å². The van der Waals surface area contributed by atoms with E-state index >= 15 is 0 Å². The van der Waals surface area contributed by atoms with Gasteiger partial charge in [0.1, 0.15) is 5.75 Å². The molecule has 0 aliphatic rings. The van der Waals surface area contributed by atoms with Gasteiger partial charge in [0, 0.05) is 12.1 Å². The van der Waals surface area contributed by atoms with Crippen LogP contribution in [0.1, 0.15) is 45.7 Å². The van der Waals surface area contributed by atoms with Crippen LogP contribution in [0.4, 0.5) is 0 Å². The van der Waals surface area contributed by atoms with E-state index in [2.05, 4.69) is 5.32 Å². The second-order valence-electron chi connectivity index (χ2n) is 4.94. The lowest BCUT2D eigenvalue weighted by Gasteiger charge is -2.18. The molecule has 0 saturated carbocycles. The fourth-order valence-corrected chi connectivity index (χ4v) is 1.57. The van der Waals surface area contributed by atoms with E-state index in [0.29, 0.717) is 5.75 Å². The molecule has 4 nitrogen and oxygen atoms in total. The van der Waals surface area contributed by atoms with Crippen molar-refractivity contribution in [3.63, 3.8) is 0 Å². The molecule has 0 aliphatic carbocycles. The molecular formula is C15H24N2O2. The van der Waals surface area contributed by atoms with Crippen LogP contribution in [0.15, 0.2) is 24.3 Å². The molecule has 1 rings (SSSR count). The zero-order valence-electron chi connectivity index (χ0n) is 12.1. The minimum absolute atomic E-state index is 0.000163. The molecule has 0 radical (unpaired) electrons. The molecule has 3 N–H and O–H groups in total. The molecule has 0 aliphatic heterocycles. The molecule has 0 saturated heterocycles. The summed E-state index contributed by atoms with van der Waals surface area (Å²) in [6.45, 7) is 7.68. The monoisotopic (exact) mass is 264 g/mol. The smallest absolute Gasteiger partial charge is 0.260 e. The van der Waals surface area contributed by atoms with Crippen LogP contribution < -0.4 is 15.8 Å². The summed E-state index contributed by atoms with van der Waals surface area (Å²) >= 11 is 0. The van der Waals surface area contributed by atoms with Gasteiger partial charge in [-0.2, -0.15) is 0 Å². The van der Waals surface area contributed by atoms with Crippen LogP contribution in [0.25, 0.3) is 0 Å². The standard InChI is InChI=1S/C15H24N2O2/c1-5-10(2)17-15(18)12(4)19-14-8-6-13(7-9-14)11(3)16/h6-12H,5,16H2,1-4H3,(H,17,18)/t10?,11-,12?/m0/s1. The number of hydrogen-bond donors (Lipinski definition) is 2. The molecule has 0 bridgehead atoms. The van der Waals surface area contributed by atoms with Crippen LogP contribution in [0.2, 0.25) is 0 Å². The predicted molar refractivity (Wildman–Crippen MR) is 77.0 cm³/mol. The molecule has 0 spiro atoms. The van der Waals surface area contributed by atoms with Gasteiger partial charge in [-0.05, 0) is 44.9 Å². The lowest BCUT2D eigenvalue weighted by atomic mass is 10.1. The van der Waals surface area contributed by atoms with Gasteiger partial charge in [-0.15, -0.1) is 0 Å². The van der Waals surface area contributed by atoms with Crippen molar-refractivity contribution in [1.29, 1.82) is 0 Å². The first kappa shape index (κ1) is 15.5. The molecule has 2 unspecified atom stereocenters. The zero-order valence-corrected chi connectivity index (χ0v) is 12.1. The van der Waals surface area contributed by atoms with Gasteiger partial charge in [-0.1, -0.05) is 19.1 Å². The fourth-order valence-electron chi connectivity index (χ4n) is 1.57. The van der Waals surface area contributed by atoms with Crippen LogP contribution in [0.3, 0.4) is 0 Å². The number of hydrogen-bond acceptors (Lipinski definition) is 3. The van der Waals surface area contributed by atoms with E-state index in [0.717, 1.165) is 12.0 Å². The molecule has 3 atom stereocenters. The first-order valence-corrected chi connectivity index (χ1v) is 6.76. The maximum atomic E-state index is 11.8. The molecule has 4 heteroatoms. The molecule has 0 aromatic heterocycles. The molecule has 1 aromatic rings. The Morgan fingerprint density at radius 2 is 1.84 bits per heavy atom. The van der Waals surface area contributed by atoms with Crippen molar-refractivity contribution in [2.75, 3.05) is 0 Å². The molecular weight excluding hydrogens is 240 g/mol. The number of nitrogens with one attached hydrogen (secondary N) is 1. The minimum Gasteiger partial charge on any atom is -0.481 e. The summed E-state index contributed by atoms with van der Waals surface area (Å²) in [6, 6.07) is 7.68. The van der Waals surface area contributed by atoms with Crippen LogP contribution in [-0.4, -0.2) is 18.1 Å². The van der Waals surface area contributed by atoms with E-state index in [1.807, 2.05) is 45.0 Å². The first-order valence-electron chi connectivity index (χ1n) is 6.76. The lowest BCUT2D eigenvalue weighted by molar-refractivity contribution is -0.127. The number of carbonyl (C=O) groups excluding carboxylic acids is 1. The van der Waals surface area contributed by atoms with Crippen LogP contribution >= 0.6 is 0 Å². The highest BCUT2D eigenvalue weighted by atomic mass is 16.5. The van der Waals surface area contributed by atoms with E-state index in [1.165, 1.54) is 0 Å². The van der Waals surface area contributed by atoms with Gasteiger partial charge >= 0.3 is 0 Å². The maximum Gasteiger partial charge on any atom is 0.260 e. The van der Waals surface area contributed by atoms with Crippen LogP contribution in [0, 0.1) is 0 Å². The number of amides is 1. The van der Waals surface area contributed by atoms with Crippen molar-refractivity contribution >= 4 is 5.91 Å². The van der Waals surface area contributed by atoms with Gasteiger partial charge in [0.15, 0.2) is 6.10 Å². The summed E-state index contributed by atoms with van der Waals surface area (Å²) in [6.07, 6.45) is 0.400. The van der Waals surface area contributed by atoms with E-state index in [1.54, 1.807) is 6.92 Å². The number of ether oxygens (including phenoxy) is 1. The second kappa shape index (κ2) is 7.14. The van der Waals surface area contributed by atoms with E-state index in [-0.39, 0.29) is 18.0 Å². The Morgan fingerprint density at radius 1 is 1.26 bits per heavy atom. The largest absolute Gasteiger partial charge is 0.481 e. The molecule has 0 fully saturated rings. The quantitative estimate of drug-likeness (QED) is 0.829. The molecule has 106 valence electrons. The second-order valence-corrected chi connectivity index (χ2v) is 4.94. The topological polar surface area (TPSA) is 64.3 Å². The summed E-state index contributed by atoms with van der Waals surface area (Å²) in [7, 11) is 0. The third kappa shape index (κ3) is 4.91. The highest BCUT2D eigenvalue weighted by molar-refractivity contribution is 5.80. The fraction of sp³-hybridized carbons (Fsp3) is 0.533. The Kier molecular flexibility index (Phi) is 5.83. The normalized spacial score (nSPS) is 15.4. The summed E-state index contributed by atoms with van der Waals surface area (Å²) in [4.78, 5) is 11.8. The molecule has 0 heterocycles. The SMILES string of the molecule is CCC(C)NC(=O)C(C)Oc1ccc([C@H](C)N)cc1. The third-order valence-corrected chi connectivity index (χ3v) is 3.09. The highest BCUT2D eigenvalue weighted by Crippen LogP contribution is 2.17. The van der Waals surface area contributed by atoms with Gasteiger partial charge in [-0.25, -0.2) is 0 Å². The van der Waals surface area contributed by atoms with Crippen molar-refractivity contribution in [2.24, 2.45) is 5.73 Å². The van der Waals surface area contributed by atoms with Gasteiger partial charge in [0.25, 0.3) is 5.91 Å². The van der Waals surface area contributed by atoms with Crippen molar-refractivity contribution in [3.8, 4) is 5.75 Å². The summed E-state index contributed by atoms with van der Waals surface area (Å²) < 4.78 is 5.60. The Balaban J connectivity index is 2.56. The maximum absolute atomic E-state index is 11.8. The van der Waals surface area contributed by atoms with Crippen molar-refractivity contribution in [1.82, 2.24) is 5.32 Å². The highest BCUT2D eigenvalue weighted by Gasteiger charge is 2.16. The number of carbonyl (C=O) groups is 1. The van der Waals surface area contributed by atoms with Crippen LogP contribution in [0.5, 0.6) is 5.75 Å². The Hall–Kier alpha value is -1.55. The number of nitrogens with two attached hydrogens (primary N) is 1. The van der Waals surface area contributed by atoms with E-state index in [4.69, 9.17) is 10.5 Å². The van der Waals surface area contributed by atoms with Crippen LogP contribution in [-0.2, 0) is 4.79 Å². The van der Waals surface area contributed by atoms with Crippen molar-refractivity contribution in [3.05, 3.63) is 29.8 Å². The van der Waals surface area contributed by atoms with E-state index < -0.39 is 6.10 Å². The average Bonchev–Trinajstić information content (AvgIpc) is 2.38. The first-order chi connectivity index (χ1) is 8.93. The van der Waals surface area contributed by atoms with Gasteiger partial charge in [0.05, 0.1) is 0 Å². The third-order valence-electron chi connectivity index (χ3n) is 3.09. The summed E-state index contributed by atoms with van der Waals surface area (Å²) in [5.41, 5.74) is 6.82. The Labute approximate surface area is 115 Å². The number of benzene rings is 1. The molecule has 19 heavy (non-hydrogen) atoms. The van der Waals surface area contributed by atoms with Crippen molar-refractivity contribution < 1.29 is 9.53 Å². The van der Waals surface area contributed by atoms with Gasteiger partial charge in [-0.3, -0.25) is 4.79 Å². The number of rotatable bonds is 6. The molecule has 1 aromatic carbocycles. The average molecular weight is 264 g/mol. The Bertz CT molecular complexity index is 401. The predicted octanol–water partition coefficient (Wildman–Crippen LogP) is 2.39. The van der Waals surface area contributed by atoms with Gasteiger partial charge in [0.2, 0.25) is 0 Å². The zero-order chi connectivity index (χ0) is 14.4. The molecule has 1 amide bonds.